The Balaban J connectivity index is 1.54. The molecule has 2 fully saturated rings. The van der Waals surface area contributed by atoms with Crippen LogP contribution in [0.5, 0.6) is 0 Å². The lowest BCUT2D eigenvalue weighted by molar-refractivity contribution is -0.136. The zero-order valence-electron chi connectivity index (χ0n) is 16.3. The molecule has 1 unspecified atom stereocenters. The number of fused-ring (bicyclic) bond motifs is 1. The average Bonchev–Trinajstić information content (AvgIpc) is 2.92. The molecular formula is C20H24N4O5. The maximum Gasteiger partial charge on any atom is 0.262 e. The fourth-order valence-electron chi connectivity index (χ4n) is 4.49. The fourth-order valence-corrected chi connectivity index (χ4v) is 4.49. The molecule has 154 valence electrons. The molecule has 3 heterocycles. The molecule has 0 aromatic heterocycles. The second-order valence-electron chi connectivity index (χ2n) is 7.86. The standard InChI is InChI=1S/C20H24N4O5/c1-29-20(7-8-21)10-23(11-20)9-12-3-2-4-13-16(12)19(28)24(18(13)27)14-5-6-15(25)22-17(14)26/h2-4,14H,5-11,21H2,1H3,(H,22,25,26). The van der Waals surface area contributed by atoms with Gasteiger partial charge in [-0.25, -0.2) is 0 Å². The van der Waals surface area contributed by atoms with Crippen LogP contribution in [0.2, 0.25) is 0 Å². The van der Waals surface area contributed by atoms with E-state index in [1.807, 2.05) is 6.07 Å². The summed E-state index contributed by atoms with van der Waals surface area (Å²) in [5, 5.41) is 2.21. The van der Waals surface area contributed by atoms with Gasteiger partial charge in [-0.1, -0.05) is 12.1 Å². The second kappa shape index (κ2) is 7.33. The number of nitrogens with zero attached hydrogens (tertiary/aromatic N) is 2. The van der Waals surface area contributed by atoms with Gasteiger partial charge in [-0.2, -0.15) is 0 Å². The third-order valence-corrected chi connectivity index (χ3v) is 6.00. The van der Waals surface area contributed by atoms with Crippen LogP contribution in [0.25, 0.3) is 0 Å². The average molecular weight is 400 g/mol. The molecule has 3 aliphatic heterocycles. The maximum absolute atomic E-state index is 13.1. The lowest BCUT2D eigenvalue weighted by atomic mass is 9.89. The van der Waals surface area contributed by atoms with E-state index in [2.05, 4.69) is 10.2 Å². The van der Waals surface area contributed by atoms with Gasteiger partial charge in [-0.05, 0) is 31.0 Å². The highest BCUT2D eigenvalue weighted by Gasteiger charge is 2.47. The molecule has 29 heavy (non-hydrogen) atoms. The number of benzene rings is 1. The largest absolute Gasteiger partial charge is 0.376 e. The van der Waals surface area contributed by atoms with E-state index in [4.69, 9.17) is 10.5 Å². The highest BCUT2D eigenvalue weighted by Crippen LogP contribution is 2.33. The van der Waals surface area contributed by atoms with E-state index < -0.39 is 23.8 Å². The summed E-state index contributed by atoms with van der Waals surface area (Å²) in [5.41, 5.74) is 6.80. The Bertz CT molecular complexity index is 893. The monoisotopic (exact) mass is 400 g/mol. The van der Waals surface area contributed by atoms with Gasteiger partial charge in [0.15, 0.2) is 0 Å². The fraction of sp³-hybridized carbons (Fsp3) is 0.500. The van der Waals surface area contributed by atoms with Crippen molar-refractivity contribution in [1.82, 2.24) is 15.1 Å². The number of rotatable bonds is 6. The zero-order valence-corrected chi connectivity index (χ0v) is 16.3. The summed E-state index contributed by atoms with van der Waals surface area (Å²) in [4.78, 5) is 52.7. The lowest BCUT2D eigenvalue weighted by Gasteiger charge is -2.49. The van der Waals surface area contributed by atoms with Crippen molar-refractivity contribution in [2.45, 2.75) is 37.5 Å². The van der Waals surface area contributed by atoms with Crippen LogP contribution < -0.4 is 11.1 Å². The number of amides is 4. The summed E-state index contributed by atoms with van der Waals surface area (Å²) in [7, 11) is 1.67. The van der Waals surface area contributed by atoms with Crippen molar-refractivity contribution in [2.24, 2.45) is 5.73 Å². The zero-order chi connectivity index (χ0) is 20.8. The van der Waals surface area contributed by atoms with E-state index in [9.17, 15) is 19.2 Å². The molecule has 4 rings (SSSR count). The number of piperidine rings is 1. The number of carbonyl (C=O) groups excluding carboxylic acids is 4. The number of hydrogen-bond acceptors (Lipinski definition) is 7. The summed E-state index contributed by atoms with van der Waals surface area (Å²) in [6, 6.07) is 4.22. The van der Waals surface area contributed by atoms with Crippen LogP contribution in [0.1, 0.15) is 45.5 Å². The van der Waals surface area contributed by atoms with Gasteiger partial charge in [-0.3, -0.25) is 34.3 Å². The number of ether oxygens (including phenoxy) is 1. The molecule has 0 spiro atoms. The molecule has 1 atom stereocenters. The Morgan fingerprint density at radius 1 is 1.21 bits per heavy atom. The summed E-state index contributed by atoms with van der Waals surface area (Å²) in [6.07, 6.45) is 1.01. The Morgan fingerprint density at radius 2 is 1.97 bits per heavy atom. The molecule has 4 amide bonds. The van der Waals surface area contributed by atoms with Gasteiger partial charge in [0.25, 0.3) is 11.8 Å². The summed E-state index contributed by atoms with van der Waals surface area (Å²) < 4.78 is 5.61. The van der Waals surface area contributed by atoms with Gasteiger partial charge in [0.2, 0.25) is 11.8 Å². The molecule has 3 N–H and O–H groups in total. The van der Waals surface area contributed by atoms with Crippen LogP contribution in [-0.2, 0) is 20.9 Å². The number of nitrogens with two attached hydrogens (primary N) is 1. The first kappa shape index (κ1) is 19.7. The number of nitrogens with one attached hydrogen (secondary N) is 1. The molecule has 9 nitrogen and oxygen atoms in total. The first-order chi connectivity index (χ1) is 13.9. The lowest BCUT2D eigenvalue weighted by Crippen LogP contribution is -2.62. The molecule has 0 saturated carbocycles. The van der Waals surface area contributed by atoms with E-state index in [0.29, 0.717) is 37.3 Å². The smallest absolute Gasteiger partial charge is 0.262 e. The Labute approximate surface area is 168 Å². The Morgan fingerprint density at radius 3 is 2.62 bits per heavy atom. The van der Waals surface area contributed by atoms with Crippen LogP contribution in [0, 0.1) is 0 Å². The first-order valence-electron chi connectivity index (χ1n) is 9.70. The third kappa shape index (κ3) is 3.25. The Kier molecular flexibility index (Phi) is 4.97. The van der Waals surface area contributed by atoms with Crippen molar-refractivity contribution in [3.63, 3.8) is 0 Å². The van der Waals surface area contributed by atoms with Crippen molar-refractivity contribution < 1.29 is 23.9 Å². The number of hydrogen-bond donors (Lipinski definition) is 2. The number of methoxy groups -OCH3 is 1. The van der Waals surface area contributed by atoms with E-state index >= 15 is 0 Å². The van der Waals surface area contributed by atoms with Crippen molar-refractivity contribution in [1.29, 1.82) is 0 Å². The number of imide groups is 2. The van der Waals surface area contributed by atoms with Crippen LogP contribution in [-0.4, -0.2) is 71.8 Å². The highest BCUT2D eigenvalue weighted by molar-refractivity contribution is 6.24. The van der Waals surface area contributed by atoms with Crippen LogP contribution in [0.4, 0.5) is 0 Å². The van der Waals surface area contributed by atoms with E-state index in [0.717, 1.165) is 16.9 Å². The second-order valence-corrected chi connectivity index (χ2v) is 7.86. The summed E-state index contributed by atoms with van der Waals surface area (Å²) >= 11 is 0. The number of likely N-dealkylation sites (tertiary alicyclic amines) is 1. The first-order valence-corrected chi connectivity index (χ1v) is 9.70. The van der Waals surface area contributed by atoms with E-state index in [1.165, 1.54) is 0 Å². The molecule has 0 radical (unpaired) electrons. The maximum atomic E-state index is 13.1. The molecule has 1 aromatic rings. The molecule has 3 aliphatic rings. The van der Waals surface area contributed by atoms with Crippen molar-refractivity contribution in [2.75, 3.05) is 26.7 Å². The van der Waals surface area contributed by atoms with Crippen molar-refractivity contribution in [3.05, 3.63) is 34.9 Å². The number of carbonyl (C=O) groups is 4. The van der Waals surface area contributed by atoms with Crippen LogP contribution in [0.15, 0.2) is 18.2 Å². The molecule has 2 saturated heterocycles. The van der Waals surface area contributed by atoms with Crippen molar-refractivity contribution >= 4 is 23.6 Å². The third-order valence-electron chi connectivity index (χ3n) is 6.00. The van der Waals surface area contributed by atoms with Gasteiger partial charge in [-0.15, -0.1) is 0 Å². The van der Waals surface area contributed by atoms with E-state index in [-0.39, 0.29) is 24.3 Å². The van der Waals surface area contributed by atoms with Crippen LogP contribution >= 0.6 is 0 Å². The summed E-state index contributed by atoms with van der Waals surface area (Å²) in [6.45, 7) is 2.43. The minimum absolute atomic E-state index is 0.102. The quantitative estimate of drug-likeness (QED) is 0.625. The molecule has 0 aliphatic carbocycles. The normalized spacial score (nSPS) is 23.8. The minimum atomic E-state index is -0.956. The molecule has 0 bridgehead atoms. The molecular weight excluding hydrogens is 376 g/mol. The van der Waals surface area contributed by atoms with Gasteiger partial charge < -0.3 is 10.5 Å². The van der Waals surface area contributed by atoms with Gasteiger partial charge in [0.05, 0.1) is 16.7 Å². The molecule has 1 aromatic carbocycles. The van der Waals surface area contributed by atoms with Crippen LogP contribution in [0.3, 0.4) is 0 Å². The topological polar surface area (TPSA) is 122 Å². The predicted octanol–water partition coefficient (Wildman–Crippen LogP) is -0.363. The predicted molar refractivity (Wildman–Crippen MR) is 102 cm³/mol. The SMILES string of the molecule is COC1(CCN)CN(Cc2cccc3c2C(=O)N(C2CCC(=O)NC2=O)C3=O)C1. The minimum Gasteiger partial charge on any atom is -0.376 e. The highest BCUT2D eigenvalue weighted by atomic mass is 16.5. The van der Waals surface area contributed by atoms with E-state index in [1.54, 1.807) is 19.2 Å². The van der Waals surface area contributed by atoms with Gasteiger partial charge in [0, 0.05) is 33.2 Å². The van der Waals surface area contributed by atoms with Gasteiger partial charge >= 0.3 is 0 Å². The van der Waals surface area contributed by atoms with Crippen molar-refractivity contribution in [3.8, 4) is 0 Å². The molecule has 9 heteroatoms. The van der Waals surface area contributed by atoms with Gasteiger partial charge in [0.1, 0.15) is 6.04 Å². The summed E-state index contributed by atoms with van der Waals surface area (Å²) in [5.74, 6) is -1.96. The Hall–Kier alpha value is -2.62.